The van der Waals surface area contributed by atoms with E-state index in [2.05, 4.69) is 11.9 Å². The van der Waals surface area contributed by atoms with Crippen molar-refractivity contribution in [3.63, 3.8) is 0 Å². The number of ether oxygens (including phenoxy) is 1. The van der Waals surface area contributed by atoms with E-state index < -0.39 is 0 Å². The molecule has 1 saturated heterocycles. The normalized spacial score (nSPS) is 14.4. The van der Waals surface area contributed by atoms with E-state index in [9.17, 15) is 9.59 Å². The average molecular weight is 459 g/mol. The second-order valence-electron chi connectivity index (χ2n) is 8.38. The number of amides is 2. The van der Waals surface area contributed by atoms with Gasteiger partial charge in [-0.3, -0.25) is 9.59 Å². The highest BCUT2D eigenvalue weighted by atomic mass is 32.1. The number of carbonyl (C=O) groups excluding carboxylic acids is 2. The number of hydrogen-bond acceptors (Lipinski definition) is 6. The summed E-state index contributed by atoms with van der Waals surface area (Å²) >= 11 is 1.28. The lowest BCUT2D eigenvalue weighted by atomic mass is 10.1. The smallest absolute Gasteiger partial charge is 0.268 e. The summed E-state index contributed by atoms with van der Waals surface area (Å²) in [6, 6.07) is 9.33. The van der Waals surface area contributed by atoms with Crippen molar-refractivity contribution in [1.29, 1.82) is 0 Å². The molecule has 0 radical (unpaired) electrons. The van der Waals surface area contributed by atoms with Gasteiger partial charge in [0.25, 0.3) is 5.91 Å². The summed E-state index contributed by atoms with van der Waals surface area (Å²) in [7, 11) is 3.84. The van der Waals surface area contributed by atoms with E-state index in [1.165, 1.54) is 11.3 Å². The van der Waals surface area contributed by atoms with E-state index in [0.29, 0.717) is 28.7 Å². The Kier molecular flexibility index (Phi) is 8.53. The van der Waals surface area contributed by atoms with Crippen molar-refractivity contribution in [2.24, 2.45) is 0 Å². The number of aryl methyl sites for hydroxylation is 1. The Morgan fingerprint density at radius 3 is 2.53 bits per heavy atom. The van der Waals surface area contributed by atoms with Crippen LogP contribution in [0, 0.1) is 6.92 Å². The zero-order valence-electron chi connectivity index (χ0n) is 19.3. The first-order valence-corrected chi connectivity index (χ1v) is 12.0. The van der Waals surface area contributed by atoms with Crippen molar-refractivity contribution in [2.75, 3.05) is 57.5 Å². The second kappa shape index (κ2) is 11.3. The summed E-state index contributed by atoms with van der Waals surface area (Å²) in [5, 5.41) is 0.619. The number of rotatable bonds is 9. The number of nitrogens with zero attached hydrogens (tertiary/aromatic N) is 3. The Hall–Kier alpha value is -2.58. The van der Waals surface area contributed by atoms with Gasteiger partial charge in [-0.2, -0.15) is 0 Å². The Morgan fingerprint density at radius 1 is 1.09 bits per heavy atom. The van der Waals surface area contributed by atoms with Crippen LogP contribution in [0.15, 0.2) is 30.3 Å². The van der Waals surface area contributed by atoms with Gasteiger partial charge in [0.2, 0.25) is 5.91 Å². The number of nitrogens with two attached hydrogens (primary N) is 1. The minimum Gasteiger partial charge on any atom is -0.491 e. The Bertz CT molecular complexity index is 922. The molecule has 0 aliphatic carbocycles. The van der Waals surface area contributed by atoms with Gasteiger partial charge in [0.1, 0.15) is 5.75 Å². The van der Waals surface area contributed by atoms with E-state index in [4.69, 9.17) is 10.5 Å². The molecule has 1 aliphatic heterocycles. The van der Waals surface area contributed by atoms with Crippen molar-refractivity contribution in [1.82, 2.24) is 9.80 Å². The highest BCUT2D eigenvalue weighted by Crippen LogP contribution is 2.31. The molecule has 32 heavy (non-hydrogen) atoms. The molecule has 0 bridgehead atoms. The van der Waals surface area contributed by atoms with Gasteiger partial charge in [-0.25, -0.2) is 0 Å². The number of likely N-dealkylation sites (N-methyl/N-ethyl adjacent to an activating group) is 1. The van der Waals surface area contributed by atoms with Gasteiger partial charge in [0.15, 0.2) is 0 Å². The first kappa shape index (κ1) is 24.1. The van der Waals surface area contributed by atoms with Crippen molar-refractivity contribution in [2.45, 2.75) is 32.6 Å². The summed E-state index contributed by atoms with van der Waals surface area (Å²) in [5.41, 5.74) is 7.58. The molecule has 1 aromatic carbocycles. The molecule has 0 atom stereocenters. The summed E-state index contributed by atoms with van der Waals surface area (Å²) in [6.45, 7) is 6.12. The Labute approximate surface area is 194 Å². The lowest BCUT2D eigenvalue weighted by Gasteiger charge is -2.32. The summed E-state index contributed by atoms with van der Waals surface area (Å²) in [4.78, 5) is 31.6. The topological polar surface area (TPSA) is 79.1 Å². The number of hydrogen-bond donors (Lipinski definition) is 1. The number of carbonyl (C=O) groups is 2. The van der Waals surface area contributed by atoms with Gasteiger partial charge in [-0.15, -0.1) is 11.3 Å². The zero-order valence-corrected chi connectivity index (χ0v) is 20.1. The van der Waals surface area contributed by atoms with Crippen LogP contribution >= 0.6 is 11.3 Å². The van der Waals surface area contributed by atoms with E-state index >= 15 is 0 Å². The van der Waals surface area contributed by atoms with Gasteiger partial charge < -0.3 is 25.2 Å². The van der Waals surface area contributed by atoms with E-state index in [1.807, 2.05) is 30.0 Å². The maximum atomic E-state index is 12.8. The largest absolute Gasteiger partial charge is 0.491 e. The summed E-state index contributed by atoms with van der Waals surface area (Å²) in [5.74, 6) is 0.844. The first-order valence-electron chi connectivity index (χ1n) is 11.2. The predicted octanol–water partition coefficient (Wildman–Crippen LogP) is 3.63. The van der Waals surface area contributed by atoms with Gasteiger partial charge in [-0.05, 0) is 63.1 Å². The number of nitrogen functional groups attached to an aromatic ring is 1. The number of thiophene rings is 1. The number of unbranched alkanes of at least 4 members (excludes halogenated alkanes) is 2. The van der Waals surface area contributed by atoms with Crippen molar-refractivity contribution >= 4 is 33.8 Å². The maximum absolute atomic E-state index is 12.8. The minimum atomic E-state index is -0.108. The van der Waals surface area contributed by atoms with Crippen LogP contribution in [0.3, 0.4) is 0 Å². The molecule has 1 aliphatic rings. The standard InChI is InChI=1S/C24H34N4O3S/c1-18-8-9-19(27(3)24(30)21-10-11-22(25)32-21)20(17-18)31-16-6-4-5-7-23(29)28-14-12-26(2)13-15-28/h8-11,17H,4-7,12-16,25H2,1-3H3. The summed E-state index contributed by atoms with van der Waals surface area (Å²) in [6.07, 6.45) is 3.26. The van der Waals surface area contributed by atoms with Gasteiger partial charge in [-0.1, -0.05) is 6.07 Å². The van der Waals surface area contributed by atoms with Crippen LogP contribution in [0.25, 0.3) is 0 Å². The zero-order chi connectivity index (χ0) is 23.1. The molecule has 0 unspecified atom stereocenters. The number of piperazine rings is 1. The van der Waals surface area contributed by atoms with Crippen molar-refractivity contribution in [3.05, 3.63) is 40.8 Å². The maximum Gasteiger partial charge on any atom is 0.268 e. The van der Waals surface area contributed by atoms with Crippen LogP contribution in [0.1, 0.15) is 40.9 Å². The van der Waals surface area contributed by atoms with Crippen LogP contribution in [-0.2, 0) is 4.79 Å². The quantitative estimate of drug-likeness (QED) is 0.581. The molecule has 2 aromatic rings. The Morgan fingerprint density at radius 2 is 1.84 bits per heavy atom. The highest BCUT2D eigenvalue weighted by Gasteiger charge is 2.20. The third kappa shape index (κ3) is 6.46. The van der Waals surface area contributed by atoms with Crippen LogP contribution in [0.2, 0.25) is 0 Å². The van der Waals surface area contributed by atoms with Crippen molar-refractivity contribution < 1.29 is 14.3 Å². The monoisotopic (exact) mass is 458 g/mol. The van der Waals surface area contributed by atoms with Crippen molar-refractivity contribution in [3.8, 4) is 5.75 Å². The lowest BCUT2D eigenvalue weighted by molar-refractivity contribution is -0.132. The average Bonchev–Trinajstić information content (AvgIpc) is 3.22. The molecular formula is C24H34N4O3S. The molecule has 3 rings (SSSR count). The van der Waals surface area contributed by atoms with Crippen LogP contribution in [0.4, 0.5) is 10.7 Å². The minimum absolute atomic E-state index is 0.108. The molecule has 2 N–H and O–H groups in total. The van der Waals surface area contributed by atoms with Gasteiger partial charge >= 0.3 is 0 Å². The first-order chi connectivity index (χ1) is 15.3. The third-order valence-corrected chi connectivity index (χ3v) is 6.67. The van der Waals surface area contributed by atoms with Gasteiger partial charge in [0, 0.05) is 39.6 Å². The fourth-order valence-corrected chi connectivity index (χ4v) is 4.46. The molecule has 8 heteroatoms. The number of benzene rings is 1. The van der Waals surface area contributed by atoms with Crippen LogP contribution < -0.4 is 15.4 Å². The second-order valence-corrected chi connectivity index (χ2v) is 9.50. The summed E-state index contributed by atoms with van der Waals surface area (Å²) < 4.78 is 6.05. The van der Waals surface area contributed by atoms with Crippen LogP contribution in [-0.4, -0.2) is 68.5 Å². The molecule has 0 spiro atoms. The Balaban J connectivity index is 1.46. The molecule has 7 nitrogen and oxygen atoms in total. The number of anilines is 2. The predicted molar refractivity (Wildman–Crippen MR) is 131 cm³/mol. The fraction of sp³-hybridized carbons (Fsp3) is 0.500. The molecule has 174 valence electrons. The molecule has 1 fully saturated rings. The molecule has 2 heterocycles. The third-order valence-electron chi connectivity index (χ3n) is 5.77. The van der Waals surface area contributed by atoms with E-state index in [-0.39, 0.29) is 11.8 Å². The molecule has 1 aromatic heterocycles. The van der Waals surface area contributed by atoms with Gasteiger partial charge in [0.05, 0.1) is 22.2 Å². The lowest BCUT2D eigenvalue weighted by Crippen LogP contribution is -2.47. The SMILES string of the molecule is Cc1ccc(N(C)C(=O)c2ccc(N)s2)c(OCCCCCC(=O)N2CCN(C)CC2)c1. The van der Waals surface area contributed by atoms with E-state index in [1.54, 1.807) is 24.1 Å². The van der Waals surface area contributed by atoms with E-state index in [0.717, 1.165) is 56.7 Å². The highest BCUT2D eigenvalue weighted by molar-refractivity contribution is 7.17. The van der Waals surface area contributed by atoms with Crippen LogP contribution in [0.5, 0.6) is 5.75 Å². The molecule has 0 saturated carbocycles. The molecule has 2 amide bonds. The fourth-order valence-electron chi connectivity index (χ4n) is 3.71. The molecular weight excluding hydrogens is 424 g/mol.